The third-order valence-electron chi connectivity index (χ3n) is 2.98. The molecule has 0 radical (unpaired) electrons. The molecule has 0 aliphatic carbocycles. The van der Waals surface area contributed by atoms with Gasteiger partial charge in [-0.2, -0.15) is 0 Å². The molecule has 0 aliphatic rings. The van der Waals surface area contributed by atoms with Gasteiger partial charge in [-0.3, -0.25) is 4.40 Å². The third kappa shape index (κ3) is 1.49. The van der Waals surface area contributed by atoms with Gasteiger partial charge in [0.15, 0.2) is 0 Å². The summed E-state index contributed by atoms with van der Waals surface area (Å²) in [6, 6.07) is 6.73. The molecule has 2 N–H and O–H groups in total. The van der Waals surface area contributed by atoms with Crippen molar-refractivity contribution < 1.29 is 4.39 Å². The van der Waals surface area contributed by atoms with Crippen molar-refractivity contribution in [1.82, 2.24) is 9.38 Å². The predicted octanol–water partition coefficient (Wildman–Crippen LogP) is 2.39. The standard InChI is InChI=1S/C13H12FN3/c1-8-4-13-16-10(6-15)7-17(13)12-3-2-9(14)5-11(8)12/h2-5,7H,6,15H2,1H3. The zero-order valence-corrected chi connectivity index (χ0v) is 9.44. The molecule has 2 aromatic heterocycles. The second-order valence-corrected chi connectivity index (χ2v) is 4.15. The van der Waals surface area contributed by atoms with Crippen LogP contribution < -0.4 is 5.73 Å². The van der Waals surface area contributed by atoms with Gasteiger partial charge in [-0.1, -0.05) is 0 Å². The molecule has 1 aromatic carbocycles. The van der Waals surface area contributed by atoms with Crippen molar-refractivity contribution in [2.45, 2.75) is 13.5 Å². The Labute approximate surface area is 97.7 Å². The van der Waals surface area contributed by atoms with Crippen molar-refractivity contribution in [3.8, 4) is 0 Å². The highest BCUT2D eigenvalue weighted by atomic mass is 19.1. The maximum atomic E-state index is 13.2. The second kappa shape index (κ2) is 3.53. The molecule has 0 aliphatic heterocycles. The summed E-state index contributed by atoms with van der Waals surface area (Å²) in [5.41, 5.74) is 9.24. The minimum atomic E-state index is -0.223. The van der Waals surface area contributed by atoms with Crippen molar-refractivity contribution >= 4 is 16.6 Å². The van der Waals surface area contributed by atoms with E-state index in [0.717, 1.165) is 27.8 Å². The first-order valence-corrected chi connectivity index (χ1v) is 5.46. The Bertz CT molecular complexity index is 715. The van der Waals surface area contributed by atoms with Crippen molar-refractivity contribution in [2.24, 2.45) is 5.73 Å². The Morgan fingerprint density at radius 2 is 2.18 bits per heavy atom. The van der Waals surface area contributed by atoms with Crippen LogP contribution in [0, 0.1) is 12.7 Å². The molecule has 4 heteroatoms. The first-order chi connectivity index (χ1) is 8.19. The molecule has 17 heavy (non-hydrogen) atoms. The Kier molecular flexibility index (Phi) is 2.12. The SMILES string of the molecule is Cc1cc2nc(CN)cn2c2ccc(F)cc12. The molecule has 0 saturated heterocycles. The van der Waals surface area contributed by atoms with Crippen LogP contribution in [0.1, 0.15) is 11.3 Å². The van der Waals surface area contributed by atoms with E-state index in [-0.39, 0.29) is 5.82 Å². The Hall–Kier alpha value is -1.94. The van der Waals surface area contributed by atoms with Crippen molar-refractivity contribution in [1.29, 1.82) is 0 Å². The number of hydrogen-bond acceptors (Lipinski definition) is 2. The molecule has 2 heterocycles. The highest BCUT2D eigenvalue weighted by Gasteiger charge is 2.07. The van der Waals surface area contributed by atoms with Crippen molar-refractivity contribution in [3.63, 3.8) is 0 Å². The average Bonchev–Trinajstić information content (AvgIpc) is 2.72. The monoisotopic (exact) mass is 229 g/mol. The fourth-order valence-corrected chi connectivity index (χ4v) is 2.14. The van der Waals surface area contributed by atoms with E-state index < -0.39 is 0 Å². The van der Waals surface area contributed by atoms with Crippen molar-refractivity contribution in [3.05, 3.63) is 47.5 Å². The molecule has 3 rings (SSSR count). The summed E-state index contributed by atoms with van der Waals surface area (Å²) in [6.45, 7) is 2.36. The predicted molar refractivity (Wildman–Crippen MR) is 65.3 cm³/mol. The van der Waals surface area contributed by atoms with E-state index in [1.165, 1.54) is 6.07 Å². The highest BCUT2D eigenvalue weighted by Crippen LogP contribution is 2.22. The van der Waals surface area contributed by atoms with Gasteiger partial charge in [0.25, 0.3) is 0 Å². The molecule has 86 valence electrons. The highest BCUT2D eigenvalue weighted by molar-refractivity contribution is 5.85. The number of benzene rings is 1. The maximum Gasteiger partial charge on any atom is 0.137 e. The number of aromatic nitrogens is 2. The first kappa shape index (κ1) is 10.2. The number of imidazole rings is 1. The average molecular weight is 229 g/mol. The number of nitrogens with zero attached hydrogens (tertiary/aromatic N) is 2. The Balaban J connectivity index is 2.49. The van der Waals surface area contributed by atoms with Gasteiger partial charge < -0.3 is 5.73 Å². The number of hydrogen-bond donors (Lipinski definition) is 1. The smallest absolute Gasteiger partial charge is 0.137 e. The van der Waals surface area contributed by atoms with Gasteiger partial charge in [-0.05, 0) is 36.8 Å². The van der Waals surface area contributed by atoms with Crippen LogP contribution in [0.4, 0.5) is 4.39 Å². The fraction of sp³-hybridized carbons (Fsp3) is 0.154. The zero-order valence-electron chi connectivity index (χ0n) is 9.44. The molecule has 0 fully saturated rings. The van der Waals surface area contributed by atoms with E-state index in [1.54, 1.807) is 12.1 Å². The van der Waals surface area contributed by atoms with Crippen LogP contribution in [-0.2, 0) is 6.54 Å². The van der Waals surface area contributed by atoms with Crippen LogP contribution in [-0.4, -0.2) is 9.38 Å². The van der Waals surface area contributed by atoms with Gasteiger partial charge in [0.2, 0.25) is 0 Å². The van der Waals surface area contributed by atoms with Gasteiger partial charge in [0.05, 0.1) is 11.2 Å². The van der Waals surface area contributed by atoms with E-state index >= 15 is 0 Å². The summed E-state index contributed by atoms with van der Waals surface area (Å²) >= 11 is 0. The van der Waals surface area contributed by atoms with E-state index in [9.17, 15) is 4.39 Å². The lowest BCUT2D eigenvalue weighted by Crippen LogP contribution is -1.95. The quantitative estimate of drug-likeness (QED) is 0.696. The number of fused-ring (bicyclic) bond motifs is 3. The summed E-state index contributed by atoms with van der Waals surface area (Å²) in [6.07, 6.45) is 1.90. The fourth-order valence-electron chi connectivity index (χ4n) is 2.14. The topological polar surface area (TPSA) is 43.3 Å². The number of halogens is 1. The van der Waals surface area contributed by atoms with Crippen LogP contribution >= 0.6 is 0 Å². The lowest BCUT2D eigenvalue weighted by molar-refractivity contribution is 0.629. The van der Waals surface area contributed by atoms with Crippen LogP contribution in [0.2, 0.25) is 0 Å². The van der Waals surface area contributed by atoms with Gasteiger partial charge in [-0.15, -0.1) is 0 Å². The van der Waals surface area contributed by atoms with Crippen LogP contribution in [0.15, 0.2) is 30.5 Å². The number of nitrogens with two attached hydrogens (primary N) is 1. The zero-order chi connectivity index (χ0) is 12.0. The molecule has 0 saturated carbocycles. The molecular formula is C13H12FN3. The normalized spacial score (nSPS) is 11.5. The molecule has 3 nitrogen and oxygen atoms in total. The van der Waals surface area contributed by atoms with Gasteiger partial charge in [-0.25, -0.2) is 9.37 Å². The Morgan fingerprint density at radius 3 is 2.94 bits per heavy atom. The maximum absolute atomic E-state index is 13.2. The van der Waals surface area contributed by atoms with Crippen molar-refractivity contribution in [2.75, 3.05) is 0 Å². The Morgan fingerprint density at radius 1 is 1.35 bits per heavy atom. The molecule has 0 amide bonds. The molecule has 0 bridgehead atoms. The van der Waals surface area contributed by atoms with Gasteiger partial charge >= 0.3 is 0 Å². The van der Waals surface area contributed by atoms with E-state index in [2.05, 4.69) is 4.98 Å². The minimum Gasteiger partial charge on any atom is -0.325 e. The first-order valence-electron chi connectivity index (χ1n) is 5.46. The molecule has 0 spiro atoms. The molecule has 0 unspecified atom stereocenters. The van der Waals surface area contributed by atoms with Crippen LogP contribution in [0.25, 0.3) is 16.6 Å². The van der Waals surface area contributed by atoms with Gasteiger partial charge in [0, 0.05) is 18.1 Å². The molecular weight excluding hydrogens is 217 g/mol. The summed E-state index contributed by atoms with van der Waals surface area (Å²) in [5, 5.41) is 0.901. The minimum absolute atomic E-state index is 0.223. The van der Waals surface area contributed by atoms with E-state index in [1.807, 2.05) is 23.6 Å². The second-order valence-electron chi connectivity index (χ2n) is 4.15. The lowest BCUT2D eigenvalue weighted by Gasteiger charge is -2.05. The summed E-state index contributed by atoms with van der Waals surface area (Å²) in [4.78, 5) is 4.41. The van der Waals surface area contributed by atoms with E-state index in [4.69, 9.17) is 5.73 Å². The number of pyridine rings is 1. The summed E-state index contributed by atoms with van der Waals surface area (Å²) in [7, 11) is 0. The molecule has 3 aromatic rings. The summed E-state index contributed by atoms with van der Waals surface area (Å²) in [5.74, 6) is -0.223. The third-order valence-corrected chi connectivity index (χ3v) is 2.98. The largest absolute Gasteiger partial charge is 0.325 e. The van der Waals surface area contributed by atoms with E-state index in [0.29, 0.717) is 6.54 Å². The van der Waals surface area contributed by atoms with Crippen LogP contribution in [0.5, 0.6) is 0 Å². The summed E-state index contributed by atoms with van der Waals surface area (Å²) < 4.78 is 15.2. The molecule has 0 atom stereocenters. The number of aryl methyl sites for hydroxylation is 1. The number of rotatable bonds is 1. The van der Waals surface area contributed by atoms with Crippen LogP contribution in [0.3, 0.4) is 0 Å². The van der Waals surface area contributed by atoms with Gasteiger partial charge in [0.1, 0.15) is 11.5 Å². The lowest BCUT2D eigenvalue weighted by atomic mass is 10.1.